The van der Waals surface area contributed by atoms with Crippen LogP contribution < -0.4 is 21.7 Å². The Hall–Kier alpha value is -3.14. The predicted molar refractivity (Wildman–Crippen MR) is 117 cm³/mol. The molecule has 0 aliphatic carbocycles. The molecule has 0 bridgehead atoms. The molecule has 6 N–H and O–H groups in total. The zero-order valence-electron chi connectivity index (χ0n) is 18.1. The monoisotopic (exact) mass is 432 g/mol. The molecule has 1 aliphatic heterocycles. The van der Waals surface area contributed by atoms with Crippen LogP contribution in [0.5, 0.6) is 0 Å². The normalized spacial score (nSPS) is 15.1. The van der Waals surface area contributed by atoms with Gasteiger partial charge in [0.15, 0.2) is 0 Å². The molecule has 0 saturated carbocycles. The second-order valence-electron chi connectivity index (χ2n) is 7.46. The molecular formula is C21H32N6O4. The van der Waals surface area contributed by atoms with Crippen molar-refractivity contribution >= 4 is 23.7 Å². The molecule has 1 saturated heterocycles. The highest BCUT2D eigenvalue weighted by Gasteiger charge is 2.24. The molecule has 1 unspecified atom stereocenters. The Balaban J connectivity index is 1.65. The van der Waals surface area contributed by atoms with Gasteiger partial charge in [0.2, 0.25) is 11.8 Å². The highest BCUT2D eigenvalue weighted by Crippen LogP contribution is 2.11. The zero-order valence-corrected chi connectivity index (χ0v) is 18.1. The number of nitrogen functional groups attached to an aromatic ring is 1. The van der Waals surface area contributed by atoms with Crippen molar-refractivity contribution in [2.45, 2.75) is 45.3 Å². The average Bonchev–Trinajstić information content (AvgIpc) is 2.76. The number of ether oxygens (including phenoxy) is 1. The maximum Gasteiger partial charge on any atom is 0.409 e. The fraction of sp³-hybridized carbons (Fsp3) is 0.524. The number of hydrogen-bond donors (Lipinski definition) is 5. The largest absolute Gasteiger partial charge is 0.450 e. The molecule has 31 heavy (non-hydrogen) atoms. The summed E-state index contributed by atoms with van der Waals surface area (Å²) in [5.41, 5.74) is 7.03. The Bertz CT molecular complexity index is 775. The van der Waals surface area contributed by atoms with Crippen LogP contribution in [-0.4, -0.2) is 67.0 Å². The summed E-state index contributed by atoms with van der Waals surface area (Å²) in [6.07, 6.45) is 0.980. The molecule has 1 aromatic rings. The van der Waals surface area contributed by atoms with Crippen molar-refractivity contribution in [3.8, 4) is 0 Å². The first-order valence-electron chi connectivity index (χ1n) is 10.5. The van der Waals surface area contributed by atoms with Crippen LogP contribution in [0.25, 0.3) is 0 Å². The Morgan fingerprint density at radius 1 is 1.23 bits per heavy atom. The number of nitrogens with one attached hydrogen (secondary N) is 4. The Labute approximate surface area is 182 Å². The Morgan fingerprint density at radius 2 is 1.87 bits per heavy atom. The van der Waals surface area contributed by atoms with Gasteiger partial charge in [0.25, 0.3) is 0 Å². The molecule has 2 rings (SSSR count). The molecule has 1 atom stereocenters. The molecule has 10 nitrogen and oxygen atoms in total. The number of nitrogens with two attached hydrogens (primary N) is 1. The maximum atomic E-state index is 12.2. The van der Waals surface area contributed by atoms with Crippen LogP contribution >= 0.6 is 0 Å². The first-order valence-corrected chi connectivity index (χ1v) is 10.5. The van der Waals surface area contributed by atoms with Gasteiger partial charge in [-0.05, 0) is 32.3 Å². The van der Waals surface area contributed by atoms with Crippen molar-refractivity contribution in [1.82, 2.24) is 20.9 Å². The lowest BCUT2D eigenvalue weighted by Crippen LogP contribution is -2.50. The van der Waals surface area contributed by atoms with Gasteiger partial charge in [0.05, 0.1) is 19.2 Å². The topological polar surface area (TPSA) is 150 Å². The van der Waals surface area contributed by atoms with Gasteiger partial charge in [-0.1, -0.05) is 24.3 Å². The number of carbonyl (C=O) groups excluding carboxylic acids is 3. The van der Waals surface area contributed by atoms with Gasteiger partial charge in [0, 0.05) is 31.2 Å². The van der Waals surface area contributed by atoms with Crippen LogP contribution in [0, 0.1) is 5.41 Å². The van der Waals surface area contributed by atoms with Gasteiger partial charge in [-0.25, -0.2) is 4.79 Å². The second kappa shape index (κ2) is 11.9. The summed E-state index contributed by atoms with van der Waals surface area (Å²) < 4.78 is 4.98. The molecule has 0 radical (unpaired) electrons. The second-order valence-corrected chi connectivity index (χ2v) is 7.46. The Kier molecular flexibility index (Phi) is 9.26. The lowest BCUT2D eigenvalue weighted by Gasteiger charge is -2.31. The minimum atomic E-state index is -0.479. The maximum absolute atomic E-state index is 12.2. The molecule has 1 aliphatic rings. The SMILES string of the molecule is CCOC(=O)N1CCC(NC(=O)CNC(=O)C(C)NCc2ccc(C(=N)N)cc2)CC1. The van der Waals surface area contributed by atoms with Gasteiger partial charge >= 0.3 is 6.09 Å². The van der Waals surface area contributed by atoms with Crippen LogP contribution in [0.3, 0.4) is 0 Å². The molecule has 3 amide bonds. The van der Waals surface area contributed by atoms with Crippen molar-refractivity contribution in [2.24, 2.45) is 5.73 Å². The lowest BCUT2D eigenvalue weighted by molar-refractivity contribution is -0.127. The van der Waals surface area contributed by atoms with Gasteiger partial charge in [0.1, 0.15) is 5.84 Å². The Morgan fingerprint density at radius 3 is 2.45 bits per heavy atom. The van der Waals surface area contributed by atoms with Crippen LogP contribution in [0.2, 0.25) is 0 Å². The van der Waals surface area contributed by atoms with E-state index in [9.17, 15) is 14.4 Å². The number of benzene rings is 1. The standard InChI is InChI=1S/C21H32N6O4/c1-3-31-21(30)27-10-8-17(9-11-27)26-18(28)13-25-20(29)14(2)24-12-15-4-6-16(7-5-15)19(22)23/h4-7,14,17,24H,3,8-13H2,1-2H3,(H3,22,23)(H,25,29)(H,26,28). The van der Waals surface area contributed by atoms with Crippen molar-refractivity contribution in [3.05, 3.63) is 35.4 Å². The van der Waals surface area contributed by atoms with Gasteiger partial charge in [-0.2, -0.15) is 0 Å². The molecular weight excluding hydrogens is 400 g/mol. The highest BCUT2D eigenvalue weighted by atomic mass is 16.6. The minimum Gasteiger partial charge on any atom is -0.450 e. The van der Waals surface area contributed by atoms with Crippen LogP contribution in [0.15, 0.2) is 24.3 Å². The summed E-state index contributed by atoms with van der Waals surface area (Å²) in [7, 11) is 0. The van der Waals surface area contributed by atoms with E-state index in [2.05, 4.69) is 16.0 Å². The number of rotatable bonds is 9. The third-order valence-corrected chi connectivity index (χ3v) is 5.08. The van der Waals surface area contributed by atoms with Crippen LogP contribution in [0.4, 0.5) is 4.79 Å². The molecule has 10 heteroatoms. The van der Waals surface area contributed by atoms with E-state index in [1.807, 2.05) is 12.1 Å². The lowest BCUT2D eigenvalue weighted by atomic mass is 10.1. The van der Waals surface area contributed by atoms with E-state index >= 15 is 0 Å². The van der Waals surface area contributed by atoms with Crippen molar-refractivity contribution < 1.29 is 19.1 Å². The summed E-state index contributed by atoms with van der Waals surface area (Å²) in [4.78, 5) is 37.7. The quantitative estimate of drug-likeness (QED) is 0.280. The van der Waals surface area contributed by atoms with Crippen LogP contribution in [-0.2, 0) is 20.9 Å². The van der Waals surface area contributed by atoms with Gasteiger partial charge in [-0.15, -0.1) is 0 Å². The van der Waals surface area contributed by atoms with Crippen molar-refractivity contribution in [1.29, 1.82) is 5.41 Å². The van der Waals surface area contributed by atoms with E-state index in [1.165, 1.54) is 0 Å². The van der Waals surface area contributed by atoms with Crippen molar-refractivity contribution in [3.63, 3.8) is 0 Å². The highest BCUT2D eigenvalue weighted by molar-refractivity contribution is 5.94. The van der Waals surface area contributed by atoms with Crippen LogP contribution in [0.1, 0.15) is 37.8 Å². The summed E-state index contributed by atoms with van der Waals surface area (Å²) in [6, 6.07) is 6.69. The molecule has 0 aromatic heterocycles. The summed E-state index contributed by atoms with van der Waals surface area (Å²) >= 11 is 0. The summed E-state index contributed by atoms with van der Waals surface area (Å²) in [5.74, 6) is -0.516. The van der Waals surface area contributed by atoms with Gasteiger partial charge in [-0.3, -0.25) is 15.0 Å². The molecule has 1 heterocycles. The fourth-order valence-electron chi connectivity index (χ4n) is 3.19. The van der Waals surface area contributed by atoms with E-state index in [0.717, 1.165) is 5.56 Å². The van der Waals surface area contributed by atoms with E-state index in [1.54, 1.807) is 30.9 Å². The fourth-order valence-corrected chi connectivity index (χ4v) is 3.19. The number of amides is 3. The molecule has 170 valence electrons. The zero-order chi connectivity index (χ0) is 22.8. The van der Waals surface area contributed by atoms with Crippen molar-refractivity contribution in [2.75, 3.05) is 26.2 Å². The average molecular weight is 433 g/mol. The number of nitrogens with zero attached hydrogens (tertiary/aromatic N) is 1. The van der Waals surface area contributed by atoms with Gasteiger partial charge < -0.3 is 31.3 Å². The van der Waals surface area contributed by atoms with E-state index < -0.39 is 6.04 Å². The molecule has 0 spiro atoms. The first-order chi connectivity index (χ1) is 14.8. The third kappa shape index (κ3) is 7.89. The number of carbonyl (C=O) groups is 3. The smallest absolute Gasteiger partial charge is 0.409 e. The summed E-state index contributed by atoms with van der Waals surface area (Å²) in [5, 5.41) is 16.0. The molecule has 1 aromatic carbocycles. The number of likely N-dealkylation sites (tertiary alicyclic amines) is 1. The number of amidine groups is 1. The van der Waals surface area contributed by atoms with E-state index in [-0.39, 0.29) is 36.3 Å². The predicted octanol–water partition coefficient (Wildman–Crippen LogP) is 0.302. The minimum absolute atomic E-state index is 0.00934. The number of hydrogen-bond acceptors (Lipinski definition) is 6. The number of piperidine rings is 1. The first kappa shape index (κ1) is 24.1. The van der Waals surface area contributed by atoms with E-state index in [0.29, 0.717) is 44.6 Å². The third-order valence-electron chi connectivity index (χ3n) is 5.08. The summed E-state index contributed by atoms with van der Waals surface area (Å²) in [6.45, 7) is 5.27. The van der Waals surface area contributed by atoms with E-state index in [4.69, 9.17) is 15.9 Å². The molecule has 1 fully saturated rings.